The van der Waals surface area contributed by atoms with Gasteiger partial charge < -0.3 is 14.6 Å². The minimum absolute atomic E-state index is 0.0619. The molecular weight excluding hydrogens is 352 g/mol. The fraction of sp³-hybridized carbons (Fsp3) is 0.545. The molecule has 4 rings (SSSR count). The number of rotatable bonds is 7. The van der Waals surface area contributed by atoms with E-state index in [1.165, 1.54) is 12.8 Å². The summed E-state index contributed by atoms with van der Waals surface area (Å²) < 4.78 is 7.46. The van der Waals surface area contributed by atoms with Crippen molar-refractivity contribution in [3.8, 4) is 5.75 Å². The number of nitrogens with zero attached hydrogens (tertiary/aromatic N) is 3. The van der Waals surface area contributed by atoms with Crippen molar-refractivity contribution >= 4 is 5.91 Å². The highest BCUT2D eigenvalue weighted by Crippen LogP contribution is 2.36. The number of benzene rings is 1. The van der Waals surface area contributed by atoms with Gasteiger partial charge in [-0.3, -0.25) is 9.69 Å². The lowest BCUT2D eigenvalue weighted by Crippen LogP contribution is -2.46. The molecule has 1 aromatic carbocycles. The molecule has 2 aliphatic rings. The molecule has 1 fully saturated rings. The Labute approximate surface area is 166 Å². The summed E-state index contributed by atoms with van der Waals surface area (Å²) >= 11 is 0. The second-order valence-corrected chi connectivity index (χ2v) is 8.24. The van der Waals surface area contributed by atoms with Crippen LogP contribution in [0.5, 0.6) is 5.75 Å². The number of carbonyl (C=O) groups is 1. The van der Waals surface area contributed by atoms with E-state index in [0.717, 1.165) is 48.1 Å². The van der Waals surface area contributed by atoms with Gasteiger partial charge in [-0.2, -0.15) is 0 Å². The first kappa shape index (κ1) is 19.0. The highest BCUT2D eigenvalue weighted by molar-refractivity contribution is 5.83. The maximum Gasteiger partial charge on any atom is 0.243 e. The number of ether oxygens (including phenoxy) is 1. The van der Waals surface area contributed by atoms with Crippen molar-refractivity contribution in [3.63, 3.8) is 0 Å². The van der Waals surface area contributed by atoms with E-state index >= 15 is 0 Å². The molecule has 1 amide bonds. The van der Waals surface area contributed by atoms with E-state index in [-0.39, 0.29) is 18.0 Å². The fourth-order valence-corrected chi connectivity index (χ4v) is 4.05. The number of hydrogen-bond acceptors (Lipinski definition) is 4. The summed E-state index contributed by atoms with van der Waals surface area (Å²) in [6.45, 7) is 6.69. The van der Waals surface area contributed by atoms with Gasteiger partial charge in [0.1, 0.15) is 11.8 Å². The van der Waals surface area contributed by atoms with E-state index in [1.54, 1.807) is 7.11 Å². The minimum atomic E-state index is -0.264. The predicted octanol–water partition coefficient (Wildman–Crippen LogP) is 3.10. The molecule has 1 aliphatic carbocycles. The molecule has 2 aromatic rings. The van der Waals surface area contributed by atoms with Crippen LogP contribution in [0.4, 0.5) is 0 Å². The molecule has 2 heterocycles. The Hall–Kier alpha value is -2.34. The largest absolute Gasteiger partial charge is 0.497 e. The van der Waals surface area contributed by atoms with Crippen molar-refractivity contribution in [3.05, 3.63) is 47.5 Å². The van der Waals surface area contributed by atoms with Crippen molar-refractivity contribution < 1.29 is 9.53 Å². The molecule has 1 N–H and O–H groups in total. The maximum absolute atomic E-state index is 13.3. The van der Waals surface area contributed by atoms with Gasteiger partial charge in [0.2, 0.25) is 5.91 Å². The third kappa shape index (κ3) is 3.92. The minimum Gasteiger partial charge on any atom is -0.497 e. The van der Waals surface area contributed by atoms with Crippen LogP contribution in [-0.4, -0.2) is 40.6 Å². The SMILES string of the molecule is COc1cccc(CNC(=O)C2c3c(ncn3C(C)C)CCN2CC2CC2)c1. The Morgan fingerprint density at radius 3 is 2.89 bits per heavy atom. The average molecular weight is 383 g/mol. The zero-order chi connectivity index (χ0) is 19.7. The van der Waals surface area contributed by atoms with Crippen LogP contribution in [-0.2, 0) is 17.8 Å². The molecule has 1 aliphatic heterocycles. The Bertz CT molecular complexity index is 841. The smallest absolute Gasteiger partial charge is 0.243 e. The van der Waals surface area contributed by atoms with Crippen LogP contribution in [0, 0.1) is 5.92 Å². The second kappa shape index (κ2) is 7.95. The van der Waals surface area contributed by atoms with Gasteiger partial charge in [-0.15, -0.1) is 0 Å². The third-order valence-corrected chi connectivity index (χ3v) is 5.77. The monoisotopic (exact) mass is 382 g/mol. The quantitative estimate of drug-likeness (QED) is 0.799. The first-order valence-electron chi connectivity index (χ1n) is 10.3. The van der Waals surface area contributed by atoms with Crippen molar-refractivity contribution in [1.82, 2.24) is 19.8 Å². The summed E-state index contributed by atoms with van der Waals surface area (Å²) in [5.74, 6) is 1.61. The number of imidazole rings is 1. The summed E-state index contributed by atoms with van der Waals surface area (Å²) in [4.78, 5) is 20.3. The molecule has 6 heteroatoms. The topological polar surface area (TPSA) is 59.4 Å². The van der Waals surface area contributed by atoms with E-state index < -0.39 is 0 Å². The Kier molecular flexibility index (Phi) is 5.40. The maximum atomic E-state index is 13.3. The van der Waals surface area contributed by atoms with E-state index in [9.17, 15) is 4.79 Å². The molecule has 1 saturated carbocycles. The molecular formula is C22H30N4O2. The number of hydrogen-bond donors (Lipinski definition) is 1. The third-order valence-electron chi connectivity index (χ3n) is 5.77. The fourth-order valence-electron chi connectivity index (χ4n) is 4.05. The van der Waals surface area contributed by atoms with Gasteiger partial charge in [-0.1, -0.05) is 12.1 Å². The van der Waals surface area contributed by atoms with Crippen molar-refractivity contribution in [2.75, 3.05) is 20.2 Å². The molecule has 0 bridgehead atoms. The lowest BCUT2D eigenvalue weighted by atomic mass is 10.00. The highest BCUT2D eigenvalue weighted by Gasteiger charge is 2.39. The number of methoxy groups -OCH3 is 1. The van der Waals surface area contributed by atoms with Crippen LogP contribution in [0.3, 0.4) is 0 Å². The molecule has 150 valence electrons. The first-order valence-corrected chi connectivity index (χ1v) is 10.3. The Balaban J connectivity index is 1.56. The van der Waals surface area contributed by atoms with Gasteiger partial charge in [0.15, 0.2) is 0 Å². The van der Waals surface area contributed by atoms with E-state index in [4.69, 9.17) is 4.74 Å². The molecule has 1 unspecified atom stereocenters. The van der Waals surface area contributed by atoms with Crippen LogP contribution in [0.25, 0.3) is 0 Å². The molecule has 0 spiro atoms. The van der Waals surface area contributed by atoms with Crippen molar-refractivity contribution in [2.45, 2.75) is 51.7 Å². The van der Waals surface area contributed by atoms with Crippen molar-refractivity contribution in [1.29, 1.82) is 0 Å². The van der Waals surface area contributed by atoms with E-state index in [0.29, 0.717) is 6.54 Å². The Morgan fingerprint density at radius 1 is 1.36 bits per heavy atom. The van der Waals surface area contributed by atoms with Gasteiger partial charge in [0.25, 0.3) is 0 Å². The summed E-state index contributed by atoms with van der Waals surface area (Å²) in [5, 5.41) is 3.16. The number of amides is 1. The molecule has 0 saturated heterocycles. The van der Waals surface area contributed by atoms with Gasteiger partial charge >= 0.3 is 0 Å². The zero-order valence-electron chi connectivity index (χ0n) is 17.0. The Morgan fingerprint density at radius 2 is 2.18 bits per heavy atom. The molecule has 6 nitrogen and oxygen atoms in total. The van der Waals surface area contributed by atoms with Crippen LogP contribution < -0.4 is 10.1 Å². The summed E-state index contributed by atoms with van der Waals surface area (Å²) in [6, 6.07) is 7.86. The van der Waals surface area contributed by atoms with Crippen molar-refractivity contribution in [2.24, 2.45) is 5.92 Å². The lowest BCUT2D eigenvalue weighted by Gasteiger charge is -2.36. The summed E-state index contributed by atoms with van der Waals surface area (Å²) in [6.07, 6.45) is 5.38. The highest BCUT2D eigenvalue weighted by atomic mass is 16.5. The summed E-state index contributed by atoms with van der Waals surface area (Å²) in [5.41, 5.74) is 3.18. The van der Waals surface area contributed by atoms with E-state index in [1.807, 2.05) is 30.6 Å². The molecule has 0 radical (unpaired) electrons. The number of nitrogens with one attached hydrogen (secondary N) is 1. The van der Waals surface area contributed by atoms with Crippen LogP contribution in [0.2, 0.25) is 0 Å². The molecule has 1 aromatic heterocycles. The average Bonchev–Trinajstić information content (AvgIpc) is 3.41. The molecule has 1 atom stereocenters. The van der Waals surface area contributed by atoms with Crippen LogP contribution in [0.1, 0.15) is 55.7 Å². The number of carbonyl (C=O) groups excluding carboxylic acids is 1. The lowest BCUT2D eigenvalue weighted by molar-refractivity contribution is -0.127. The first-order chi connectivity index (χ1) is 13.6. The predicted molar refractivity (Wildman–Crippen MR) is 108 cm³/mol. The van der Waals surface area contributed by atoms with E-state index in [2.05, 4.69) is 33.6 Å². The summed E-state index contributed by atoms with van der Waals surface area (Å²) in [7, 11) is 1.66. The van der Waals surface area contributed by atoms with Crippen LogP contribution >= 0.6 is 0 Å². The van der Waals surface area contributed by atoms with Gasteiger partial charge in [-0.05, 0) is 50.3 Å². The normalized spacial score (nSPS) is 19.5. The number of aromatic nitrogens is 2. The van der Waals surface area contributed by atoms with Gasteiger partial charge in [0.05, 0.1) is 24.8 Å². The zero-order valence-corrected chi connectivity index (χ0v) is 17.0. The molecule has 28 heavy (non-hydrogen) atoms. The van der Waals surface area contributed by atoms with Gasteiger partial charge in [-0.25, -0.2) is 4.98 Å². The van der Waals surface area contributed by atoms with Gasteiger partial charge in [0, 0.05) is 32.1 Å². The second-order valence-electron chi connectivity index (χ2n) is 8.24. The standard InChI is InChI=1S/C22H30N4O2/c1-15(2)26-14-24-19-9-10-25(13-16-7-8-16)21(20(19)26)22(27)23-12-17-5-4-6-18(11-17)28-3/h4-6,11,14-16,21H,7-10,12-13H2,1-3H3,(H,23,27). The number of fused-ring (bicyclic) bond motifs is 1. The van der Waals surface area contributed by atoms with Crippen LogP contribution in [0.15, 0.2) is 30.6 Å².